The van der Waals surface area contributed by atoms with Crippen molar-refractivity contribution >= 4 is 32.4 Å². The molecule has 2 aliphatic rings. The number of ketones is 1. The van der Waals surface area contributed by atoms with Gasteiger partial charge in [-0.1, -0.05) is 6.92 Å². The Kier molecular flexibility index (Phi) is 6.31. The molecule has 0 radical (unpaired) electrons. The number of hydrogen-bond donors (Lipinski definition) is 1. The van der Waals surface area contributed by atoms with Crippen molar-refractivity contribution in [1.29, 1.82) is 0 Å². The number of hydrogen-bond acceptors (Lipinski definition) is 6. The number of rotatable bonds is 5. The molecule has 0 amide bonds. The lowest BCUT2D eigenvalue weighted by molar-refractivity contribution is 0.0994. The molecule has 1 aromatic carbocycles. The van der Waals surface area contributed by atoms with E-state index in [-0.39, 0.29) is 40.8 Å². The highest BCUT2D eigenvalue weighted by Gasteiger charge is 2.30. The van der Waals surface area contributed by atoms with Gasteiger partial charge in [-0.25, -0.2) is 12.8 Å². The molecule has 1 aliphatic heterocycles. The molecule has 184 valence electrons. The minimum Gasteiger partial charge on any atom is -0.328 e. The first-order valence-electron chi connectivity index (χ1n) is 12.0. The van der Waals surface area contributed by atoms with E-state index in [9.17, 15) is 17.6 Å². The molecule has 2 fully saturated rings. The second-order valence-electron chi connectivity index (χ2n) is 9.87. The summed E-state index contributed by atoms with van der Waals surface area (Å²) in [6.07, 6.45) is 8.41. The SMILES string of the molecule is C[C@@H]1C[C@H](N)C[C@H](c2ccncc2CC(=O)c2ccc(F)c3cc(N4CCCS4(=O)=O)cnc23)C1. The van der Waals surface area contributed by atoms with Crippen LogP contribution in [0, 0.1) is 11.7 Å². The second-order valence-corrected chi connectivity index (χ2v) is 11.9. The van der Waals surface area contributed by atoms with Gasteiger partial charge in [0.25, 0.3) is 0 Å². The summed E-state index contributed by atoms with van der Waals surface area (Å²) in [5.74, 6) is 0.109. The maximum Gasteiger partial charge on any atom is 0.235 e. The Morgan fingerprint density at radius 3 is 2.77 bits per heavy atom. The number of nitrogens with two attached hydrogens (primary N) is 1. The van der Waals surface area contributed by atoms with E-state index in [1.807, 2.05) is 6.07 Å². The van der Waals surface area contributed by atoms with Crippen LogP contribution in [-0.4, -0.2) is 42.5 Å². The van der Waals surface area contributed by atoms with Crippen LogP contribution in [0.15, 0.2) is 42.9 Å². The van der Waals surface area contributed by atoms with Crippen molar-refractivity contribution in [3.63, 3.8) is 0 Å². The van der Waals surface area contributed by atoms with Crippen molar-refractivity contribution in [3.05, 3.63) is 65.4 Å². The predicted octanol–water partition coefficient (Wildman–Crippen LogP) is 3.97. The number of sulfonamides is 1. The molecule has 3 heterocycles. The Morgan fingerprint density at radius 1 is 1.20 bits per heavy atom. The van der Waals surface area contributed by atoms with E-state index in [4.69, 9.17) is 5.73 Å². The Morgan fingerprint density at radius 2 is 2.03 bits per heavy atom. The van der Waals surface area contributed by atoms with Crippen LogP contribution in [0.1, 0.15) is 60.0 Å². The normalized spacial score (nSPS) is 24.1. The van der Waals surface area contributed by atoms with Crippen LogP contribution in [0.25, 0.3) is 10.9 Å². The number of benzene rings is 1. The van der Waals surface area contributed by atoms with Gasteiger partial charge in [-0.05, 0) is 72.9 Å². The van der Waals surface area contributed by atoms with Crippen LogP contribution >= 0.6 is 0 Å². The number of halogens is 1. The summed E-state index contributed by atoms with van der Waals surface area (Å²) in [5.41, 5.74) is 9.07. The standard InChI is InChI=1S/C26H29FN4O3S/c1-16-9-17(11-19(28)10-16)21-5-6-29-14-18(21)12-25(32)22-3-4-24(27)23-13-20(15-30-26(22)23)31-7-2-8-35(31,33)34/h3-6,13-17,19H,2,7-12,28H2,1H3/t16-,17+,19-/m0/s1. The number of carbonyl (C=O) groups is 1. The number of fused-ring (bicyclic) bond motifs is 1. The highest BCUT2D eigenvalue weighted by Crippen LogP contribution is 2.37. The summed E-state index contributed by atoms with van der Waals surface area (Å²) < 4.78 is 40.6. The summed E-state index contributed by atoms with van der Waals surface area (Å²) in [5, 5.41) is 0.133. The van der Waals surface area contributed by atoms with E-state index in [2.05, 4.69) is 16.9 Å². The molecule has 0 unspecified atom stereocenters. The lowest BCUT2D eigenvalue weighted by Gasteiger charge is -2.32. The van der Waals surface area contributed by atoms with E-state index in [0.29, 0.717) is 30.1 Å². The van der Waals surface area contributed by atoms with Gasteiger partial charge < -0.3 is 5.73 Å². The van der Waals surface area contributed by atoms with Crippen molar-refractivity contribution in [2.45, 2.75) is 51.0 Å². The van der Waals surface area contributed by atoms with E-state index in [1.165, 1.54) is 28.7 Å². The van der Waals surface area contributed by atoms with Gasteiger partial charge in [-0.3, -0.25) is 19.1 Å². The Bertz CT molecular complexity index is 1380. The quantitative estimate of drug-likeness (QED) is 0.536. The molecule has 3 aromatic rings. The van der Waals surface area contributed by atoms with Gasteiger partial charge in [-0.15, -0.1) is 0 Å². The zero-order chi connectivity index (χ0) is 24.7. The van der Waals surface area contributed by atoms with Gasteiger partial charge in [-0.2, -0.15) is 0 Å². The monoisotopic (exact) mass is 496 g/mol. The van der Waals surface area contributed by atoms with Gasteiger partial charge in [0.1, 0.15) is 5.82 Å². The maximum atomic E-state index is 14.8. The third-order valence-corrected chi connectivity index (χ3v) is 9.05. The minimum absolute atomic E-state index is 0.0597. The van der Waals surface area contributed by atoms with Crippen molar-refractivity contribution in [3.8, 4) is 0 Å². The van der Waals surface area contributed by atoms with E-state index < -0.39 is 15.8 Å². The molecule has 1 saturated heterocycles. The molecule has 2 aromatic heterocycles. The molecule has 0 bridgehead atoms. The van der Waals surface area contributed by atoms with Crippen LogP contribution in [-0.2, 0) is 16.4 Å². The molecule has 0 spiro atoms. The van der Waals surface area contributed by atoms with Crippen molar-refractivity contribution in [2.24, 2.45) is 11.7 Å². The second kappa shape index (κ2) is 9.28. The van der Waals surface area contributed by atoms with Crippen molar-refractivity contribution < 1.29 is 17.6 Å². The number of pyridine rings is 2. The Hall–Kier alpha value is -2.91. The number of aromatic nitrogens is 2. The fourth-order valence-corrected chi connectivity index (χ4v) is 7.17. The third-order valence-electron chi connectivity index (χ3n) is 7.18. The molecule has 9 heteroatoms. The largest absolute Gasteiger partial charge is 0.328 e. The van der Waals surface area contributed by atoms with Crippen LogP contribution < -0.4 is 10.0 Å². The molecule has 1 saturated carbocycles. The third kappa shape index (κ3) is 4.67. The van der Waals surface area contributed by atoms with Crippen LogP contribution in [0.5, 0.6) is 0 Å². The Balaban J connectivity index is 1.47. The fourth-order valence-electron chi connectivity index (χ4n) is 5.63. The Labute approximate surface area is 204 Å². The zero-order valence-electron chi connectivity index (χ0n) is 19.7. The lowest BCUT2D eigenvalue weighted by Crippen LogP contribution is -2.31. The highest BCUT2D eigenvalue weighted by atomic mass is 32.2. The molecule has 3 atom stereocenters. The molecular formula is C26H29FN4O3S. The van der Waals surface area contributed by atoms with E-state index >= 15 is 0 Å². The van der Waals surface area contributed by atoms with Gasteiger partial charge in [0, 0.05) is 42.4 Å². The first kappa shape index (κ1) is 23.8. The molecule has 35 heavy (non-hydrogen) atoms. The zero-order valence-corrected chi connectivity index (χ0v) is 20.5. The maximum absolute atomic E-state index is 14.8. The van der Waals surface area contributed by atoms with Gasteiger partial charge in [0.15, 0.2) is 5.78 Å². The van der Waals surface area contributed by atoms with Crippen LogP contribution in [0.2, 0.25) is 0 Å². The average molecular weight is 497 g/mol. The number of nitrogens with zero attached hydrogens (tertiary/aromatic N) is 3. The number of carbonyl (C=O) groups excluding carboxylic acids is 1. The summed E-state index contributed by atoms with van der Waals surface area (Å²) in [6.45, 7) is 2.54. The smallest absolute Gasteiger partial charge is 0.235 e. The molecule has 7 nitrogen and oxygen atoms in total. The first-order chi connectivity index (χ1) is 16.7. The summed E-state index contributed by atoms with van der Waals surface area (Å²) in [4.78, 5) is 22.0. The molecular weight excluding hydrogens is 467 g/mol. The van der Waals surface area contributed by atoms with Gasteiger partial charge >= 0.3 is 0 Å². The van der Waals surface area contributed by atoms with Crippen LogP contribution in [0.3, 0.4) is 0 Å². The van der Waals surface area contributed by atoms with Crippen molar-refractivity contribution in [1.82, 2.24) is 9.97 Å². The van der Waals surface area contributed by atoms with E-state index in [0.717, 1.165) is 30.4 Å². The molecule has 2 N–H and O–H groups in total. The number of anilines is 1. The summed E-state index contributed by atoms with van der Waals surface area (Å²) in [7, 11) is -3.42. The first-order valence-corrected chi connectivity index (χ1v) is 13.6. The topological polar surface area (TPSA) is 106 Å². The molecule has 5 rings (SSSR count). The average Bonchev–Trinajstić information content (AvgIpc) is 3.17. The number of Topliss-reactive ketones (excluding diaryl/α,β-unsaturated/α-hetero) is 1. The van der Waals surface area contributed by atoms with Crippen LogP contribution in [0.4, 0.5) is 10.1 Å². The van der Waals surface area contributed by atoms with E-state index in [1.54, 1.807) is 12.4 Å². The summed E-state index contributed by atoms with van der Waals surface area (Å²) >= 11 is 0. The van der Waals surface area contributed by atoms with Gasteiger partial charge in [0.05, 0.1) is 23.2 Å². The predicted molar refractivity (Wildman–Crippen MR) is 133 cm³/mol. The minimum atomic E-state index is -3.42. The highest BCUT2D eigenvalue weighted by molar-refractivity contribution is 7.93. The summed E-state index contributed by atoms with van der Waals surface area (Å²) in [6, 6.07) is 6.28. The van der Waals surface area contributed by atoms with Crippen molar-refractivity contribution in [2.75, 3.05) is 16.6 Å². The fraction of sp³-hybridized carbons (Fsp3) is 0.423. The lowest BCUT2D eigenvalue weighted by atomic mass is 9.75. The molecule has 1 aliphatic carbocycles. The van der Waals surface area contributed by atoms with Gasteiger partial charge in [0.2, 0.25) is 10.0 Å².